The van der Waals surface area contributed by atoms with Crippen LogP contribution in [0.15, 0.2) is 41.6 Å². The van der Waals surface area contributed by atoms with Crippen molar-refractivity contribution in [2.75, 3.05) is 6.61 Å². The summed E-state index contributed by atoms with van der Waals surface area (Å²) < 4.78 is 11.1. The predicted molar refractivity (Wildman–Crippen MR) is 81.1 cm³/mol. The molecule has 0 aliphatic carbocycles. The predicted octanol–water partition coefficient (Wildman–Crippen LogP) is 4.14. The van der Waals surface area contributed by atoms with E-state index in [0.717, 1.165) is 11.1 Å². The van der Waals surface area contributed by atoms with Gasteiger partial charge in [0.2, 0.25) is 0 Å². The Balaban J connectivity index is 1.73. The van der Waals surface area contributed by atoms with Crippen LogP contribution in [0.25, 0.3) is 0 Å². The molecule has 21 heavy (non-hydrogen) atoms. The molecule has 6 heteroatoms. The van der Waals surface area contributed by atoms with Crippen molar-refractivity contribution in [3.05, 3.63) is 57.6 Å². The number of ether oxygens (including phenoxy) is 2. The number of fused-ring (bicyclic) bond motifs is 1. The fraction of sp³-hybridized carbons (Fsp3) is 0.133. The highest BCUT2D eigenvalue weighted by atomic mass is 35.5. The van der Waals surface area contributed by atoms with Gasteiger partial charge in [-0.15, -0.1) is 0 Å². The Morgan fingerprint density at radius 2 is 2.00 bits per heavy atom. The van der Waals surface area contributed by atoms with E-state index in [1.807, 2.05) is 12.1 Å². The summed E-state index contributed by atoms with van der Waals surface area (Å²) >= 11 is 11.8. The third kappa shape index (κ3) is 2.91. The molecule has 2 aromatic rings. The van der Waals surface area contributed by atoms with Crippen LogP contribution in [-0.2, 0) is 6.61 Å². The molecule has 0 saturated carbocycles. The average molecular weight is 324 g/mol. The van der Waals surface area contributed by atoms with E-state index in [4.69, 9.17) is 37.9 Å². The molecular weight excluding hydrogens is 313 g/mol. The maximum atomic E-state index is 8.84. The molecule has 1 heterocycles. The minimum Gasteiger partial charge on any atom is -0.489 e. The molecule has 0 unspecified atom stereocenters. The van der Waals surface area contributed by atoms with Crippen molar-refractivity contribution >= 4 is 28.9 Å². The van der Waals surface area contributed by atoms with E-state index in [0.29, 0.717) is 33.9 Å². The molecular formula is C15H11Cl2NO3. The van der Waals surface area contributed by atoms with Gasteiger partial charge in [-0.1, -0.05) is 34.4 Å². The zero-order valence-corrected chi connectivity index (χ0v) is 12.4. The number of nitrogens with zero attached hydrogens (tertiary/aromatic N) is 1. The van der Waals surface area contributed by atoms with Crippen molar-refractivity contribution < 1.29 is 14.7 Å². The van der Waals surface area contributed by atoms with Gasteiger partial charge in [0.1, 0.15) is 30.4 Å². The average Bonchev–Trinajstić information content (AvgIpc) is 2.90. The van der Waals surface area contributed by atoms with Gasteiger partial charge >= 0.3 is 0 Å². The van der Waals surface area contributed by atoms with Gasteiger partial charge in [0.15, 0.2) is 0 Å². The third-order valence-electron chi connectivity index (χ3n) is 3.14. The fourth-order valence-electron chi connectivity index (χ4n) is 2.05. The molecule has 0 radical (unpaired) electrons. The first-order valence-electron chi connectivity index (χ1n) is 6.22. The Morgan fingerprint density at radius 1 is 1.14 bits per heavy atom. The van der Waals surface area contributed by atoms with Gasteiger partial charge in [-0.25, -0.2) is 0 Å². The van der Waals surface area contributed by atoms with E-state index in [1.54, 1.807) is 24.3 Å². The van der Waals surface area contributed by atoms with Crippen molar-refractivity contribution in [3.63, 3.8) is 0 Å². The summed E-state index contributed by atoms with van der Waals surface area (Å²) in [5.41, 5.74) is 2.21. The second-order valence-corrected chi connectivity index (χ2v) is 5.34. The topological polar surface area (TPSA) is 51.1 Å². The lowest BCUT2D eigenvalue weighted by Crippen LogP contribution is -2.01. The summed E-state index contributed by atoms with van der Waals surface area (Å²) in [6.45, 7) is 0.638. The summed E-state index contributed by atoms with van der Waals surface area (Å²) in [4.78, 5) is 0. The van der Waals surface area contributed by atoms with E-state index >= 15 is 0 Å². The molecule has 1 aliphatic heterocycles. The first-order chi connectivity index (χ1) is 10.2. The highest BCUT2D eigenvalue weighted by molar-refractivity contribution is 6.42. The first-order valence-corrected chi connectivity index (χ1v) is 6.98. The van der Waals surface area contributed by atoms with Gasteiger partial charge in [-0.2, -0.15) is 0 Å². The van der Waals surface area contributed by atoms with Crippen LogP contribution in [0.3, 0.4) is 0 Å². The fourth-order valence-corrected chi connectivity index (χ4v) is 2.37. The van der Waals surface area contributed by atoms with Crippen molar-refractivity contribution in [2.45, 2.75) is 6.61 Å². The van der Waals surface area contributed by atoms with Gasteiger partial charge in [0, 0.05) is 11.6 Å². The highest BCUT2D eigenvalue weighted by Gasteiger charge is 2.20. The Labute approximate surface area is 131 Å². The Hall–Kier alpha value is -1.91. The maximum Gasteiger partial charge on any atom is 0.134 e. The minimum absolute atomic E-state index is 0.266. The van der Waals surface area contributed by atoms with Crippen LogP contribution in [0.1, 0.15) is 11.1 Å². The molecule has 108 valence electrons. The minimum atomic E-state index is 0.266. The van der Waals surface area contributed by atoms with Gasteiger partial charge in [-0.3, -0.25) is 0 Å². The summed E-state index contributed by atoms with van der Waals surface area (Å²) in [5, 5.41) is 13.0. The van der Waals surface area contributed by atoms with Crippen LogP contribution in [0.2, 0.25) is 10.0 Å². The molecule has 0 amide bonds. The zero-order valence-electron chi connectivity index (χ0n) is 10.8. The molecule has 0 saturated heterocycles. The largest absolute Gasteiger partial charge is 0.489 e. The molecule has 0 atom stereocenters. The van der Waals surface area contributed by atoms with E-state index in [-0.39, 0.29) is 6.61 Å². The lowest BCUT2D eigenvalue weighted by atomic mass is 10.1. The molecule has 3 rings (SSSR count). The second-order valence-electron chi connectivity index (χ2n) is 4.53. The lowest BCUT2D eigenvalue weighted by molar-refractivity contribution is 0.302. The number of hydrogen-bond acceptors (Lipinski definition) is 4. The molecule has 0 aromatic heterocycles. The van der Waals surface area contributed by atoms with Crippen LogP contribution < -0.4 is 9.47 Å². The molecule has 1 aliphatic rings. The molecule has 0 bridgehead atoms. The van der Waals surface area contributed by atoms with Crippen LogP contribution in [0.5, 0.6) is 11.5 Å². The van der Waals surface area contributed by atoms with Crippen LogP contribution >= 0.6 is 23.2 Å². The van der Waals surface area contributed by atoms with Gasteiger partial charge in [0.25, 0.3) is 0 Å². The van der Waals surface area contributed by atoms with Crippen LogP contribution in [0.4, 0.5) is 0 Å². The number of halogens is 2. The monoisotopic (exact) mass is 323 g/mol. The van der Waals surface area contributed by atoms with Crippen molar-refractivity contribution in [1.82, 2.24) is 0 Å². The van der Waals surface area contributed by atoms with E-state index in [1.165, 1.54) is 0 Å². The second kappa shape index (κ2) is 5.84. The summed E-state index contributed by atoms with van der Waals surface area (Å²) in [5.74, 6) is 1.31. The first kappa shape index (κ1) is 14.0. The number of oxime groups is 1. The molecule has 1 N–H and O–H groups in total. The molecule has 0 spiro atoms. The zero-order chi connectivity index (χ0) is 14.8. The Kier molecular flexibility index (Phi) is 3.90. The van der Waals surface area contributed by atoms with Crippen molar-refractivity contribution in [2.24, 2.45) is 5.16 Å². The van der Waals surface area contributed by atoms with Crippen LogP contribution in [-0.4, -0.2) is 17.5 Å². The standard InChI is InChI=1S/C15H11Cl2NO3/c16-12-4-1-9(5-13(12)17)7-20-10-2-3-11-14(18-19)8-21-15(11)6-10/h1-6,19H,7-8H2. The lowest BCUT2D eigenvalue weighted by Gasteiger charge is -2.08. The number of benzene rings is 2. The molecule has 4 nitrogen and oxygen atoms in total. The Morgan fingerprint density at radius 3 is 2.76 bits per heavy atom. The SMILES string of the molecule is ON=C1COc2cc(OCc3ccc(Cl)c(Cl)c3)ccc21. The van der Waals surface area contributed by atoms with Gasteiger partial charge < -0.3 is 14.7 Å². The summed E-state index contributed by atoms with van der Waals surface area (Å²) in [7, 11) is 0. The molecule has 2 aromatic carbocycles. The van der Waals surface area contributed by atoms with Gasteiger partial charge in [0.05, 0.1) is 10.0 Å². The van der Waals surface area contributed by atoms with E-state index < -0.39 is 0 Å². The van der Waals surface area contributed by atoms with E-state index in [2.05, 4.69) is 5.16 Å². The Bertz CT molecular complexity index is 716. The maximum absolute atomic E-state index is 8.84. The van der Waals surface area contributed by atoms with Crippen molar-refractivity contribution in [1.29, 1.82) is 0 Å². The highest BCUT2D eigenvalue weighted by Crippen LogP contribution is 2.30. The van der Waals surface area contributed by atoms with E-state index in [9.17, 15) is 0 Å². The summed E-state index contributed by atoms with van der Waals surface area (Å²) in [6.07, 6.45) is 0. The smallest absolute Gasteiger partial charge is 0.134 e. The quantitative estimate of drug-likeness (QED) is 0.682. The van der Waals surface area contributed by atoms with Crippen molar-refractivity contribution in [3.8, 4) is 11.5 Å². The normalized spacial score (nSPS) is 14.9. The summed E-state index contributed by atoms with van der Waals surface area (Å²) in [6, 6.07) is 10.7. The number of rotatable bonds is 3. The van der Waals surface area contributed by atoms with Crippen LogP contribution in [0, 0.1) is 0 Å². The van der Waals surface area contributed by atoms with Gasteiger partial charge in [-0.05, 0) is 29.8 Å². The third-order valence-corrected chi connectivity index (χ3v) is 3.88. The molecule has 0 fully saturated rings. The number of hydrogen-bond donors (Lipinski definition) is 1.